The molecule has 5 nitrogen and oxygen atoms in total. The normalized spacial score (nSPS) is 14.5. The van der Waals surface area contributed by atoms with Crippen LogP contribution in [0.5, 0.6) is 5.75 Å². The van der Waals surface area contributed by atoms with Crippen LogP contribution in [0.4, 0.5) is 5.69 Å². The molecule has 1 heterocycles. The predicted molar refractivity (Wildman–Crippen MR) is 119 cm³/mol. The van der Waals surface area contributed by atoms with Gasteiger partial charge in [0.2, 0.25) is 0 Å². The molecule has 0 saturated carbocycles. The van der Waals surface area contributed by atoms with Gasteiger partial charge < -0.3 is 15.8 Å². The van der Waals surface area contributed by atoms with Gasteiger partial charge >= 0.3 is 0 Å². The van der Waals surface area contributed by atoms with E-state index >= 15 is 0 Å². The van der Waals surface area contributed by atoms with E-state index in [4.69, 9.17) is 22.1 Å². The summed E-state index contributed by atoms with van der Waals surface area (Å²) in [6.07, 6.45) is 1.88. The Morgan fingerprint density at radius 3 is 2.46 bits per heavy atom. The molecule has 154 valence electrons. The van der Waals surface area contributed by atoms with Gasteiger partial charge in [0, 0.05) is 41.9 Å². The second-order valence-corrected chi connectivity index (χ2v) is 6.95. The van der Waals surface area contributed by atoms with Gasteiger partial charge in [-0.2, -0.15) is 0 Å². The van der Waals surface area contributed by atoms with E-state index in [9.17, 15) is 4.79 Å². The molecule has 0 atom stereocenters. The maximum atomic E-state index is 12.3. The summed E-state index contributed by atoms with van der Waals surface area (Å²) in [5.41, 5.74) is 6.96. The predicted octanol–water partition coefficient (Wildman–Crippen LogP) is 4.04. The molecule has 1 saturated heterocycles. The Bertz CT molecular complexity index is 736. The molecule has 0 bridgehead atoms. The first-order valence-corrected chi connectivity index (χ1v) is 9.25. The second kappa shape index (κ2) is 12.0. The van der Waals surface area contributed by atoms with Crippen LogP contribution in [0.2, 0.25) is 5.02 Å². The van der Waals surface area contributed by atoms with Gasteiger partial charge in [0.15, 0.2) is 0 Å². The lowest BCUT2D eigenvalue weighted by atomic mass is 10.0. The Balaban J connectivity index is 0.00000196. The van der Waals surface area contributed by atoms with Gasteiger partial charge in [-0.25, -0.2) is 0 Å². The van der Waals surface area contributed by atoms with Crippen molar-refractivity contribution in [1.82, 2.24) is 10.2 Å². The molecular formula is C20H26Cl3N3O2. The molecule has 1 aliphatic heterocycles. The number of nitrogen functional groups attached to an aromatic ring is 1. The number of carbonyl (C=O) groups is 1. The monoisotopic (exact) mass is 445 g/mol. The fourth-order valence-electron chi connectivity index (χ4n) is 3.07. The quantitative estimate of drug-likeness (QED) is 0.657. The van der Waals surface area contributed by atoms with Crippen LogP contribution in [-0.4, -0.2) is 43.1 Å². The van der Waals surface area contributed by atoms with Crippen molar-refractivity contribution in [2.45, 2.75) is 18.9 Å². The molecule has 8 heteroatoms. The summed E-state index contributed by atoms with van der Waals surface area (Å²) in [7, 11) is 0. The highest BCUT2D eigenvalue weighted by Gasteiger charge is 2.21. The molecule has 1 aliphatic rings. The van der Waals surface area contributed by atoms with E-state index in [1.807, 2.05) is 24.3 Å². The van der Waals surface area contributed by atoms with Crippen LogP contribution >= 0.6 is 36.4 Å². The van der Waals surface area contributed by atoms with E-state index < -0.39 is 0 Å². The zero-order valence-electron chi connectivity index (χ0n) is 15.5. The first kappa shape index (κ1) is 24.4. The zero-order chi connectivity index (χ0) is 18.4. The van der Waals surface area contributed by atoms with Gasteiger partial charge in [0.25, 0.3) is 5.91 Å². The van der Waals surface area contributed by atoms with Gasteiger partial charge in [-0.05, 0) is 55.3 Å². The first-order valence-electron chi connectivity index (χ1n) is 8.87. The van der Waals surface area contributed by atoms with Gasteiger partial charge in [0.05, 0.1) is 0 Å². The summed E-state index contributed by atoms with van der Waals surface area (Å²) in [4.78, 5) is 14.7. The maximum Gasteiger partial charge on any atom is 0.251 e. The van der Waals surface area contributed by atoms with Crippen LogP contribution in [0.15, 0.2) is 48.5 Å². The lowest BCUT2D eigenvalue weighted by Gasteiger charge is -2.32. The molecule has 1 fully saturated rings. The highest BCUT2D eigenvalue weighted by molar-refractivity contribution is 6.30. The SMILES string of the molecule is Cl.Cl.Nc1cccc(C(=O)NC2CCN(CCOc3ccc(Cl)cc3)CC2)c1. The zero-order valence-corrected chi connectivity index (χ0v) is 17.9. The van der Waals surface area contributed by atoms with Crippen LogP contribution < -0.4 is 15.8 Å². The number of carbonyl (C=O) groups excluding carboxylic acids is 1. The summed E-state index contributed by atoms with van der Waals surface area (Å²) in [6, 6.07) is 14.7. The van der Waals surface area contributed by atoms with Crippen LogP contribution in [-0.2, 0) is 0 Å². The number of nitrogens with one attached hydrogen (secondary N) is 1. The van der Waals surface area contributed by atoms with Crippen LogP contribution in [0.25, 0.3) is 0 Å². The minimum atomic E-state index is -0.0539. The van der Waals surface area contributed by atoms with Crippen LogP contribution in [0, 0.1) is 0 Å². The molecular weight excluding hydrogens is 421 g/mol. The minimum absolute atomic E-state index is 0. The lowest BCUT2D eigenvalue weighted by molar-refractivity contribution is 0.0905. The average Bonchev–Trinajstić information content (AvgIpc) is 2.65. The Morgan fingerprint density at radius 2 is 1.82 bits per heavy atom. The maximum absolute atomic E-state index is 12.3. The third-order valence-corrected chi connectivity index (χ3v) is 4.81. The van der Waals surface area contributed by atoms with Crippen molar-refractivity contribution in [3.8, 4) is 5.75 Å². The fourth-order valence-corrected chi connectivity index (χ4v) is 3.20. The minimum Gasteiger partial charge on any atom is -0.492 e. The summed E-state index contributed by atoms with van der Waals surface area (Å²) in [5.74, 6) is 0.778. The highest BCUT2D eigenvalue weighted by Crippen LogP contribution is 2.16. The fraction of sp³-hybridized carbons (Fsp3) is 0.350. The lowest BCUT2D eigenvalue weighted by Crippen LogP contribution is -2.45. The molecule has 1 amide bonds. The molecule has 0 aromatic heterocycles. The Morgan fingerprint density at radius 1 is 1.14 bits per heavy atom. The molecule has 3 rings (SSSR count). The van der Waals surface area contributed by atoms with Crippen molar-refractivity contribution in [3.63, 3.8) is 0 Å². The molecule has 2 aromatic rings. The number of hydrogen-bond donors (Lipinski definition) is 2. The van der Waals surface area contributed by atoms with E-state index in [1.54, 1.807) is 24.3 Å². The van der Waals surface area contributed by atoms with Gasteiger partial charge in [-0.15, -0.1) is 24.8 Å². The topological polar surface area (TPSA) is 67.6 Å². The average molecular weight is 447 g/mol. The number of hydrogen-bond acceptors (Lipinski definition) is 4. The van der Waals surface area contributed by atoms with Crippen molar-refractivity contribution in [2.75, 3.05) is 32.0 Å². The van der Waals surface area contributed by atoms with E-state index in [0.29, 0.717) is 22.9 Å². The third-order valence-electron chi connectivity index (χ3n) is 4.56. The number of ether oxygens (including phenoxy) is 1. The Labute approximate surface area is 183 Å². The molecule has 28 heavy (non-hydrogen) atoms. The van der Waals surface area contributed by atoms with E-state index in [-0.39, 0.29) is 36.8 Å². The van der Waals surface area contributed by atoms with Crippen molar-refractivity contribution < 1.29 is 9.53 Å². The summed E-state index contributed by atoms with van der Waals surface area (Å²) >= 11 is 5.86. The van der Waals surface area contributed by atoms with Crippen LogP contribution in [0.1, 0.15) is 23.2 Å². The summed E-state index contributed by atoms with van der Waals surface area (Å²) in [5, 5.41) is 3.81. The smallest absolute Gasteiger partial charge is 0.251 e. The number of nitrogens with two attached hydrogens (primary N) is 1. The largest absolute Gasteiger partial charge is 0.492 e. The number of anilines is 1. The second-order valence-electron chi connectivity index (χ2n) is 6.52. The van der Waals surface area contributed by atoms with E-state index in [1.165, 1.54) is 0 Å². The van der Waals surface area contributed by atoms with Crippen LogP contribution in [0.3, 0.4) is 0 Å². The van der Waals surface area contributed by atoms with Crippen molar-refractivity contribution in [2.24, 2.45) is 0 Å². The van der Waals surface area contributed by atoms with E-state index in [2.05, 4.69) is 10.2 Å². The molecule has 0 spiro atoms. The number of piperidine rings is 1. The first-order chi connectivity index (χ1) is 12.6. The molecule has 0 radical (unpaired) electrons. The Hall–Kier alpha value is -1.66. The van der Waals surface area contributed by atoms with Gasteiger partial charge in [-0.3, -0.25) is 9.69 Å². The number of likely N-dealkylation sites (tertiary alicyclic amines) is 1. The summed E-state index contributed by atoms with van der Waals surface area (Å²) in [6.45, 7) is 3.41. The van der Waals surface area contributed by atoms with Crippen molar-refractivity contribution >= 4 is 48.0 Å². The molecule has 0 unspecified atom stereocenters. The van der Waals surface area contributed by atoms with Gasteiger partial charge in [0.1, 0.15) is 12.4 Å². The standard InChI is InChI=1S/C20H24ClN3O2.2ClH/c21-16-4-6-19(7-5-16)26-13-12-24-10-8-18(9-11-24)23-20(25)15-2-1-3-17(22)14-15;;/h1-7,14,18H,8-13,22H2,(H,23,25);2*1H. The number of benzene rings is 2. The van der Waals surface area contributed by atoms with Gasteiger partial charge in [-0.1, -0.05) is 17.7 Å². The Kier molecular flexibility index (Phi) is 10.5. The number of nitrogens with zero attached hydrogens (tertiary/aromatic N) is 1. The van der Waals surface area contributed by atoms with Crippen molar-refractivity contribution in [3.05, 3.63) is 59.1 Å². The highest BCUT2D eigenvalue weighted by atomic mass is 35.5. The third kappa shape index (κ3) is 7.40. The summed E-state index contributed by atoms with van der Waals surface area (Å²) < 4.78 is 5.74. The van der Waals surface area contributed by atoms with E-state index in [0.717, 1.165) is 38.2 Å². The molecule has 3 N–H and O–H groups in total. The molecule has 2 aromatic carbocycles. The number of rotatable bonds is 6. The van der Waals surface area contributed by atoms with Crippen molar-refractivity contribution in [1.29, 1.82) is 0 Å². The molecule has 0 aliphatic carbocycles. The number of amides is 1. The number of halogens is 3.